The van der Waals surface area contributed by atoms with Crippen LogP contribution in [0, 0.1) is 0 Å². The number of rotatable bonds is 5. The summed E-state index contributed by atoms with van der Waals surface area (Å²) in [6.07, 6.45) is 0.912. The van der Waals surface area contributed by atoms with Crippen molar-refractivity contribution >= 4 is 23.2 Å². The molecule has 6 nitrogen and oxygen atoms in total. The van der Waals surface area contributed by atoms with E-state index in [-0.39, 0.29) is 25.0 Å². The normalized spacial score (nSPS) is 13.0. The van der Waals surface area contributed by atoms with Gasteiger partial charge in [-0.05, 0) is 36.2 Å². The maximum absolute atomic E-state index is 12.1. The zero-order chi connectivity index (χ0) is 17.8. The number of fused-ring (bicyclic) bond motifs is 1. The van der Waals surface area contributed by atoms with E-state index in [1.54, 1.807) is 25.2 Å². The van der Waals surface area contributed by atoms with Gasteiger partial charge in [-0.25, -0.2) is 0 Å². The molecule has 0 aromatic heterocycles. The minimum Gasteiger partial charge on any atom is -0.484 e. The van der Waals surface area contributed by atoms with E-state index in [9.17, 15) is 9.59 Å². The van der Waals surface area contributed by atoms with Crippen molar-refractivity contribution in [3.8, 4) is 11.5 Å². The first kappa shape index (κ1) is 16.8. The summed E-state index contributed by atoms with van der Waals surface area (Å²) >= 11 is 0. The van der Waals surface area contributed by atoms with Crippen molar-refractivity contribution in [2.24, 2.45) is 0 Å². The number of aryl methyl sites for hydroxylation is 1. The van der Waals surface area contributed by atoms with Gasteiger partial charge in [0.2, 0.25) is 0 Å². The van der Waals surface area contributed by atoms with Crippen LogP contribution in [0.5, 0.6) is 11.5 Å². The first-order valence-electron chi connectivity index (χ1n) is 8.12. The molecule has 0 atom stereocenters. The molecule has 2 aromatic rings. The summed E-state index contributed by atoms with van der Waals surface area (Å²) in [6.45, 7) is 1.98. The van der Waals surface area contributed by atoms with E-state index in [1.165, 1.54) is 4.90 Å². The van der Waals surface area contributed by atoms with Crippen molar-refractivity contribution in [3.63, 3.8) is 0 Å². The Balaban J connectivity index is 1.60. The number of nitrogens with zero attached hydrogens (tertiary/aromatic N) is 1. The number of benzene rings is 2. The molecule has 0 bridgehead atoms. The number of carbonyl (C=O) groups is 2. The van der Waals surface area contributed by atoms with Crippen molar-refractivity contribution in [3.05, 3.63) is 48.0 Å². The Hall–Kier alpha value is -3.02. The number of hydrogen-bond acceptors (Lipinski definition) is 4. The highest BCUT2D eigenvalue weighted by atomic mass is 16.5. The number of amides is 2. The lowest BCUT2D eigenvalue weighted by atomic mass is 10.2. The van der Waals surface area contributed by atoms with Crippen LogP contribution in [0.1, 0.15) is 12.5 Å². The number of nitrogens with one attached hydrogen (secondary N) is 1. The largest absolute Gasteiger partial charge is 0.484 e. The molecule has 1 heterocycles. The maximum atomic E-state index is 12.1. The van der Waals surface area contributed by atoms with E-state index in [0.717, 1.165) is 12.0 Å². The van der Waals surface area contributed by atoms with Gasteiger partial charge in [0, 0.05) is 18.8 Å². The van der Waals surface area contributed by atoms with Crippen LogP contribution in [0.3, 0.4) is 0 Å². The van der Waals surface area contributed by atoms with Crippen LogP contribution in [-0.4, -0.2) is 32.1 Å². The Labute approximate surface area is 146 Å². The minimum atomic E-state index is -0.262. The van der Waals surface area contributed by atoms with Gasteiger partial charge >= 0.3 is 0 Å². The van der Waals surface area contributed by atoms with Crippen molar-refractivity contribution < 1.29 is 19.1 Å². The summed E-state index contributed by atoms with van der Waals surface area (Å²) in [5, 5.41) is 2.77. The highest BCUT2D eigenvalue weighted by molar-refractivity contribution is 5.98. The average Bonchev–Trinajstić information content (AvgIpc) is 2.63. The molecule has 6 heteroatoms. The summed E-state index contributed by atoms with van der Waals surface area (Å²) in [5.74, 6) is 0.869. The number of anilines is 2. The van der Waals surface area contributed by atoms with Crippen LogP contribution in [0.25, 0.3) is 0 Å². The molecule has 0 radical (unpaired) electrons. The van der Waals surface area contributed by atoms with Gasteiger partial charge in [0.1, 0.15) is 11.5 Å². The lowest BCUT2D eigenvalue weighted by Crippen LogP contribution is -2.35. The highest BCUT2D eigenvalue weighted by Gasteiger charge is 2.22. The first-order chi connectivity index (χ1) is 12.1. The minimum absolute atomic E-state index is 0.00220. The molecule has 25 heavy (non-hydrogen) atoms. The SMILES string of the molecule is CCc1cccc(OCC(=O)Nc2ccc3c(c2)OCC(=O)N3C)c1. The predicted octanol–water partition coefficient (Wildman–Crippen LogP) is 2.62. The average molecular weight is 340 g/mol. The Bertz CT molecular complexity index is 804. The van der Waals surface area contributed by atoms with Gasteiger partial charge in [0.25, 0.3) is 11.8 Å². The zero-order valence-corrected chi connectivity index (χ0v) is 14.2. The third kappa shape index (κ3) is 3.91. The first-order valence-corrected chi connectivity index (χ1v) is 8.12. The molecule has 0 unspecified atom stereocenters. The van der Waals surface area contributed by atoms with Crippen molar-refractivity contribution in [2.75, 3.05) is 30.5 Å². The summed E-state index contributed by atoms with van der Waals surface area (Å²) in [4.78, 5) is 25.2. The van der Waals surface area contributed by atoms with Crippen molar-refractivity contribution in [2.45, 2.75) is 13.3 Å². The molecule has 1 aliphatic rings. The third-order valence-electron chi connectivity index (χ3n) is 4.01. The number of ether oxygens (including phenoxy) is 2. The summed E-state index contributed by atoms with van der Waals surface area (Å²) in [6, 6.07) is 12.8. The Kier molecular flexibility index (Phi) is 4.88. The highest BCUT2D eigenvalue weighted by Crippen LogP contribution is 2.33. The van der Waals surface area contributed by atoms with Crippen LogP contribution >= 0.6 is 0 Å². The van der Waals surface area contributed by atoms with E-state index in [0.29, 0.717) is 22.9 Å². The Morgan fingerprint density at radius 3 is 2.92 bits per heavy atom. The number of hydrogen-bond donors (Lipinski definition) is 1. The molecule has 1 N–H and O–H groups in total. The Morgan fingerprint density at radius 2 is 2.12 bits per heavy atom. The fraction of sp³-hybridized carbons (Fsp3) is 0.263. The molecule has 0 fully saturated rings. The lowest BCUT2D eigenvalue weighted by molar-refractivity contribution is -0.121. The molecule has 0 aliphatic carbocycles. The van der Waals surface area contributed by atoms with Gasteiger partial charge in [-0.15, -0.1) is 0 Å². The van der Waals surface area contributed by atoms with Crippen molar-refractivity contribution in [1.82, 2.24) is 0 Å². The fourth-order valence-corrected chi connectivity index (χ4v) is 2.56. The molecule has 2 amide bonds. The third-order valence-corrected chi connectivity index (χ3v) is 4.01. The topological polar surface area (TPSA) is 67.9 Å². The van der Waals surface area contributed by atoms with Gasteiger partial charge < -0.3 is 19.7 Å². The number of carbonyl (C=O) groups excluding carboxylic acids is 2. The maximum Gasteiger partial charge on any atom is 0.264 e. The summed E-state index contributed by atoms with van der Waals surface area (Å²) in [7, 11) is 1.69. The lowest BCUT2D eigenvalue weighted by Gasteiger charge is -2.26. The summed E-state index contributed by atoms with van der Waals surface area (Å²) in [5.41, 5.74) is 2.43. The molecule has 1 aliphatic heterocycles. The molecule has 0 spiro atoms. The van der Waals surface area contributed by atoms with Gasteiger partial charge in [0.05, 0.1) is 5.69 Å². The van der Waals surface area contributed by atoms with Gasteiger partial charge in [-0.3, -0.25) is 9.59 Å². The predicted molar refractivity (Wildman–Crippen MR) is 95.3 cm³/mol. The van der Waals surface area contributed by atoms with E-state index in [2.05, 4.69) is 12.2 Å². The smallest absolute Gasteiger partial charge is 0.264 e. The molecule has 130 valence electrons. The quantitative estimate of drug-likeness (QED) is 0.908. The van der Waals surface area contributed by atoms with E-state index < -0.39 is 0 Å². The monoisotopic (exact) mass is 340 g/mol. The fourth-order valence-electron chi connectivity index (χ4n) is 2.56. The standard InChI is InChI=1S/C19H20N2O4/c1-3-13-5-4-6-15(9-13)24-11-18(22)20-14-7-8-16-17(10-14)25-12-19(23)21(16)2/h4-10H,3,11-12H2,1-2H3,(H,20,22). The second-order valence-corrected chi connectivity index (χ2v) is 5.76. The van der Waals surface area contributed by atoms with Crippen LogP contribution < -0.4 is 19.7 Å². The molecule has 2 aromatic carbocycles. The molecule has 0 saturated carbocycles. The Morgan fingerprint density at radius 1 is 1.28 bits per heavy atom. The molecule has 3 rings (SSSR count). The number of likely N-dealkylation sites (N-methyl/N-ethyl adjacent to an activating group) is 1. The second-order valence-electron chi connectivity index (χ2n) is 5.76. The molecule has 0 saturated heterocycles. The van der Waals surface area contributed by atoms with Gasteiger partial charge in [0.15, 0.2) is 13.2 Å². The van der Waals surface area contributed by atoms with Crippen LogP contribution in [0.4, 0.5) is 11.4 Å². The van der Waals surface area contributed by atoms with Crippen LogP contribution in [0.2, 0.25) is 0 Å². The molecular weight excluding hydrogens is 320 g/mol. The second kappa shape index (κ2) is 7.25. The van der Waals surface area contributed by atoms with Crippen LogP contribution in [-0.2, 0) is 16.0 Å². The zero-order valence-electron chi connectivity index (χ0n) is 14.2. The van der Waals surface area contributed by atoms with Gasteiger partial charge in [-0.2, -0.15) is 0 Å². The summed E-state index contributed by atoms with van der Waals surface area (Å²) < 4.78 is 10.9. The van der Waals surface area contributed by atoms with Gasteiger partial charge in [-0.1, -0.05) is 19.1 Å². The van der Waals surface area contributed by atoms with Crippen LogP contribution in [0.15, 0.2) is 42.5 Å². The van der Waals surface area contributed by atoms with E-state index in [1.807, 2.05) is 24.3 Å². The molecular formula is C19H20N2O4. The van der Waals surface area contributed by atoms with E-state index in [4.69, 9.17) is 9.47 Å². The van der Waals surface area contributed by atoms with E-state index >= 15 is 0 Å². The van der Waals surface area contributed by atoms with Crippen molar-refractivity contribution in [1.29, 1.82) is 0 Å².